The fourth-order valence-electron chi connectivity index (χ4n) is 2.13. The Labute approximate surface area is 146 Å². The first-order valence-electron chi connectivity index (χ1n) is 7.59. The summed E-state index contributed by atoms with van der Waals surface area (Å²) in [6.07, 6.45) is 0. The lowest BCUT2D eigenvalue weighted by molar-refractivity contribution is 0.174. The van der Waals surface area contributed by atoms with Crippen LogP contribution < -0.4 is 19.5 Å². The van der Waals surface area contributed by atoms with E-state index in [9.17, 15) is 8.42 Å². The highest BCUT2D eigenvalue weighted by atomic mass is 32.2. The van der Waals surface area contributed by atoms with Crippen molar-refractivity contribution in [3.63, 3.8) is 0 Å². The van der Waals surface area contributed by atoms with E-state index in [1.165, 1.54) is 12.1 Å². The molecule has 0 saturated carbocycles. The Balaban J connectivity index is 1.66. The van der Waals surface area contributed by atoms with Crippen LogP contribution in [0, 0.1) is 0 Å². The highest BCUT2D eigenvalue weighted by molar-refractivity contribution is 7.92. The topological polar surface area (TPSA) is 106 Å². The van der Waals surface area contributed by atoms with Crippen LogP contribution in [-0.2, 0) is 10.0 Å². The maximum Gasteiger partial charge on any atom is 0.263 e. The molecule has 0 atom stereocenters. The maximum atomic E-state index is 12.4. The van der Waals surface area contributed by atoms with Crippen molar-refractivity contribution >= 4 is 21.7 Å². The van der Waals surface area contributed by atoms with Crippen molar-refractivity contribution in [1.82, 2.24) is 15.1 Å². The first-order valence-corrected chi connectivity index (χ1v) is 9.07. The van der Waals surface area contributed by atoms with Gasteiger partial charge in [0.25, 0.3) is 10.0 Å². The van der Waals surface area contributed by atoms with E-state index in [1.54, 1.807) is 18.2 Å². The standard InChI is InChI=1S/C15H19N5O4S/c1-20(2)8-7-16-14-5-6-15(18-17-14)19-25(21,22)11-3-4-12-13(9-11)24-10-23-12/h3-6,9H,7-8,10H2,1-2H3,(H,16,17)(H,18,19). The van der Waals surface area contributed by atoms with Crippen LogP contribution in [0.2, 0.25) is 0 Å². The number of nitrogens with one attached hydrogen (secondary N) is 2. The molecule has 0 spiro atoms. The number of likely N-dealkylation sites (N-methyl/N-ethyl adjacent to an activating group) is 1. The van der Waals surface area contributed by atoms with Gasteiger partial charge in [-0.3, -0.25) is 4.72 Å². The summed E-state index contributed by atoms with van der Waals surface area (Å²) in [5.41, 5.74) is 0. The van der Waals surface area contributed by atoms with Crippen LogP contribution in [0.5, 0.6) is 11.5 Å². The molecule has 0 fully saturated rings. The molecular weight excluding hydrogens is 346 g/mol. The van der Waals surface area contributed by atoms with Crippen LogP contribution >= 0.6 is 0 Å². The molecule has 0 aliphatic carbocycles. The Morgan fingerprint density at radius 2 is 1.80 bits per heavy atom. The lowest BCUT2D eigenvalue weighted by Crippen LogP contribution is -2.21. The predicted molar refractivity (Wildman–Crippen MR) is 92.4 cm³/mol. The normalized spacial score (nSPS) is 13.1. The van der Waals surface area contributed by atoms with Crippen molar-refractivity contribution in [1.29, 1.82) is 0 Å². The van der Waals surface area contributed by atoms with E-state index in [0.717, 1.165) is 6.54 Å². The van der Waals surface area contributed by atoms with Crippen molar-refractivity contribution in [2.24, 2.45) is 0 Å². The quantitative estimate of drug-likeness (QED) is 0.748. The molecule has 1 aromatic heterocycles. The largest absolute Gasteiger partial charge is 0.454 e. The highest BCUT2D eigenvalue weighted by Gasteiger charge is 2.20. The minimum Gasteiger partial charge on any atom is -0.454 e. The summed E-state index contributed by atoms with van der Waals surface area (Å²) >= 11 is 0. The molecule has 9 nitrogen and oxygen atoms in total. The lowest BCUT2D eigenvalue weighted by atomic mass is 10.3. The van der Waals surface area contributed by atoms with E-state index in [0.29, 0.717) is 23.9 Å². The molecule has 2 N–H and O–H groups in total. The molecule has 0 saturated heterocycles. The zero-order valence-corrected chi connectivity index (χ0v) is 14.7. The van der Waals surface area contributed by atoms with Gasteiger partial charge in [-0.25, -0.2) is 8.42 Å². The second-order valence-corrected chi connectivity index (χ2v) is 7.34. The first-order chi connectivity index (χ1) is 11.9. The van der Waals surface area contributed by atoms with Crippen LogP contribution in [0.4, 0.5) is 11.6 Å². The SMILES string of the molecule is CN(C)CCNc1ccc(NS(=O)(=O)c2ccc3c(c2)OCO3)nn1. The number of anilines is 2. The Bertz CT molecular complexity index is 840. The molecule has 10 heteroatoms. The van der Waals surface area contributed by atoms with Crippen molar-refractivity contribution < 1.29 is 17.9 Å². The summed E-state index contributed by atoms with van der Waals surface area (Å²) in [5.74, 6) is 1.63. The van der Waals surface area contributed by atoms with Gasteiger partial charge < -0.3 is 19.7 Å². The van der Waals surface area contributed by atoms with Crippen LogP contribution in [0.25, 0.3) is 0 Å². The number of benzene rings is 1. The van der Waals surface area contributed by atoms with Gasteiger partial charge in [-0.2, -0.15) is 0 Å². The summed E-state index contributed by atoms with van der Waals surface area (Å²) in [4.78, 5) is 2.10. The summed E-state index contributed by atoms with van der Waals surface area (Å²) < 4.78 is 37.6. The fraction of sp³-hybridized carbons (Fsp3) is 0.333. The zero-order chi connectivity index (χ0) is 17.9. The Kier molecular flexibility index (Phi) is 4.91. The summed E-state index contributed by atoms with van der Waals surface area (Å²) in [7, 11) is 0.156. The van der Waals surface area contributed by atoms with E-state index >= 15 is 0 Å². The molecule has 25 heavy (non-hydrogen) atoms. The average molecular weight is 365 g/mol. The number of rotatable bonds is 7. The summed E-state index contributed by atoms with van der Waals surface area (Å²) in [6.45, 7) is 1.64. The third kappa shape index (κ3) is 4.28. The van der Waals surface area contributed by atoms with E-state index < -0.39 is 10.0 Å². The van der Waals surface area contributed by atoms with Crippen LogP contribution in [0.1, 0.15) is 0 Å². The Morgan fingerprint density at radius 3 is 2.52 bits per heavy atom. The molecule has 1 aromatic carbocycles. The lowest BCUT2D eigenvalue weighted by Gasteiger charge is -2.11. The van der Waals surface area contributed by atoms with Gasteiger partial charge in [0, 0.05) is 19.2 Å². The second-order valence-electron chi connectivity index (χ2n) is 5.65. The van der Waals surface area contributed by atoms with Crippen molar-refractivity contribution in [2.45, 2.75) is 4.90 Å². The molecule has 2 heterocycles. The molecule has 0 radical (unpaired) electrons. The van der Waals surface area contributed by atoms with Crippen LogP contribution in [0.15, 0.2) is 35.2 Å². The van der Waals surface area contributed by atoms with Gasteiger partial charge in [-0.05, 0) is 38.4 Å². The summed E-state index contributed by atoms with van der Waals surface area (Å²) in [5, 5.41) is 11.0. The third-order valence-corrected chi connectivity index (χ3v) is 4.78. The Morgan fingerprint density at radius 1 is 1.08 bits per heavy atom. The molecule has 134 valence electrons. The second kappa shape index (κ2) is 7.11. The van der Waals surface area contributed by atoms with Gasteiger partial charge in [-0.1, -0.05) is 0 Å². The number of hydrogen-bond acceptors (Lipinski definition) is 8. The molecule has 3 rings (SSSR count). The number of sulfonamides is 1. The van der Waals surface area contributed by atoms with Crippen molar-refractivity contribution in [3.8, 4) is 11.5 Å². The molecule has 1 aliphatic heterocycles. The minimum atomic E-state index is -3.79. The van der Waals surface area contributed by atoms with E-state index in [-0.39, 0.29) is 17.5 Å². The van der Waals surface area contributed by atoms with Gasteiger partial charge in [0.1, 0.15) is 5.82 Å². The first kappa shape index (κ1) is 17.2. The van der Waals surface area contributed by atoms with Crippen molar-refractivity contribution in [3.05, 3.63) is 30.3 Å². The van der Waals surface area contributed by atoms with E-state index in [1.807, 2.05) is 19.0 Å². The minimum absolute atomic E-state index is 0.0618. The maximum absolute atomic E-state index is 12.4. The number of aromatic nitrogens is 2. The van der Waals surface area contributed by atoms with Crippen LogP contribution in [-0.4, -0.2) is 57.5 Å². The van der Waals surface area contributed by atoms with Crippen LogP contribution in [0.3, 0.4) is 0 Å². The molecule has 0 bridgehead atoms. The molecule has 1 aliphatic rings. The third-order valence-electron chi connectivity index (χ3n) is 3.42. The number of ether oxygens (including phenoxy) is 2. The predicted octanol–water partition coefficient (Wildman–Crippen LogP) is 0.980. The number of hydrogen-bond donors (Lipinski definition) is 2. The van der Waals surface area contributed by atoms with Gasteiger partial charge >= 0.3 is 0 Å². The molecular formula is C15H19N5O4S. The fourth-order valence-corrected chi connectivity index (χ4v) is 3.14. The molecule has 2 aromatic rings. The van der Waals surface area contributed by atoms with E-state index in [2.05, 4.69) is 20.2 Å². The van der Waals surface area contributed by atoms with Gasteiger partial charge in [0.2, 0.25) is 6.79 Å². The van der Waals surface area contributed by atoms with Gasteiger partial charge in [0.15, 0.2) is 17.3 Å². The molecule has 0 amide bonds. The zero-order valence-electron chi connectivity index (χ0n) is 13.9. The average Bonchev–Trinajstić information content (AvgIpc) is 3.03. The Hall–Kier alpha value is -2.59. The smallest absolute Gasteiger partial charge is 0.263 e. The monoisotopic (exact) mass is 365 g/mol. The van der Waals surface area contributed by atoms with Crippen molar-refractivity contribution in [2.75, 3.05) is 44.0 Å². The highest BCUT2D eigenvalue weighted by Crippen LogP contribution is 2.34. The van der Waals surface area contributed by atoms with Gasteiger partial charge in [0.05, 0.1) is 4.90 Å². The number of nitrogens with zero attached hydrogens (tertiary/aromatic N) is 3. The van der Waals surface area contributed by atoms with E-state index in [4.69, 9.17) is 9.47 Å². The molecule has 0 unspecified atom stereocenters. The number of fused-ring (bicyclic) bond motifs is 1. The van der Waals surface area contributed by atoms with Gasteiger partial charge in [-0.15, -0.1) is 10.2 Å². The summed E-state index contributed by atoms with van der Waals surface area (Å²) in [6, 6.07) is 7.63.